The summed E-state index contributed by atoms with van der Waals surface area (Å²) in [5, 5.41) is 0. The van der Waals surface area contributed by atoms with Gasteiger partial charge in [0.2, 0.25) is 0 Å². The molecule has 3 rings (SSSR count). The van der Waals surface area contributed by atoms with Crippen molar-refractivity contribution in [2.24, 2.45) is 0 Å². The molecule has 0 amide bonds. The van der Waals surface area contributed by atoms with E-state index in [2.05, 4.69) is 49.1 Å². The predicted molar refractivity (Wildman–Crippen MR) is 92.8 cm³/mol. The summed E-state index contributed by atoms with van der Waals surface area (Å²) in [5.74, 6) is 0. The number of anilines is 1. The van der Waals surface area contributed by atoms with Gasteiger partial charge in [-0.2, -0.15) is 0 Å². The predicted octanol–water partition coefficient (Wildman–Crippen LogP) is 5.80. The molecule has 0 spiro atoms. The number of fused-ring (bicyclic) bond motifs is 3. The molecule has 1 aliphatic carbocycles. The SMILES string of the molecule is CCCCCCCCCCN1c2ccccc2C2=CC21C. The van der Waals surface area contributed by atoms with Crippen molar-refractivity contribution in [3.63, 3.8) is 0 Å². The monoisotopic (exact) mass is 283 g/mol. The number of hydrogen-bond acceptors (Lipinski definition) is 1. The highest BCUT2D eigenvalue weighted by atomic mass is 15.2. The Morgan fingerprint density at radius 2 is 1.57 bits per heavy atom. The molecule has 1 heterocycles. The molecule has 0 radical (unpaired) electrons. The van der Waals surface area contributed by atoms with Crippen molar-refractivity contribution in [2.75, 3.05) is 11.4 Å². The van der Waals surface area contributed by atoms with Gasteiger partial charge in [0.1, 0.15) is 0 Å². The molecule has 1 heteroatoms. The molecular formula is C20H29N. The maximum Gasteiger partial charge on any atom is 0.0820 e. The minimum absolute atomic E-state index is 0.255. The molecular weight excluding hydrogens is 254 g/mol. The molecule has 1 unspecified atom stereocenters. The second-order valence-electron chi connectivity index (χ2n) is 6.85. The fraction of sp³-hybridized carbons (Fsp3) is 0.600. The van der Waals surface area contributed by atoms with E-state index in [1.165, 1.54) is 69.2 Å². The van der Waals surface area contributed by atoms with Crippen molar-refractivity contribution >= 4 is 11.3 Å². The maximum absolute atomic E-state index is 2.62. The largest absolute Gasteiger partial charge is 0.358 e. The van der Waals surface area contributed by atoms with Crippen LogP contribution in [0, 0.1) is 0 Å². The summed E-state index contributed by atoms with van der Waals surface area (Å²) in [4.78, 5) is 2.62. The topological polar surface area (TPSA) is 3.24 Å². The van der Waals surface area contributed by atoms with E-state index < -0.39 is 0 Å². The van der Waals surface area contributed by atoms with Crippen molar-refractivity contribution in [3.8, 4) is 0 Å². The summed E-state index contributed by atoms with van der Waals surface area (Å²) < 4.78 is 0. The van der Waals surface area contributed by atoms with Gasteiger partial charge in [0, 0.05) is 17.8 Å². The van der Waals surface area contributed by atoms with Gasteiger partial charge in [-0.05, 0) is 31.1 Å². The molecule has 1 aromatic rings. The third kappa shape index (κ3) is 2.88. The first-order valence-electron chi connectivity index (χ1n) is 8.88. The molecule has 1 nitrogen and oxygen atoms in total. The zero-order valence-electron chi connectivity index (χ0n) is 13.7. The van der Waals surface area contributed by atoms with Gasteiger partial charge in [0.15, 0.2) is 0 Å². The first kappa shape index (κ1) is 14.7. The first-order valence-corrected chi connectivity index (χ1v) is 8.88. The van der Waals surface area contributed by atoms with Crippen molar-refractivity contribution < 1.29 is 0 Å². The first-order chi connectivity index (χ1) is 10.3. The number of unbranched alkanes of at least 4 members (excludes halogenated alkanes) is 7. The molecule has 1 aromatic carbocycles. The van der Waals surface area contributed by atoms with Gasteiger partial charge >= 0.3 is 0 Å². The van der Waals surface area contributed by atoms with Crippen LogP contribution in [0.15, 0.2) is 30.3 Å². The quantitative estimate of drug-likeness (QED) is 0.517. The Labute approximate surface area is 130 Å². The summed E-state index contributed by atoms with van der Waals surface area (Å²) in [6.45, 7) is 5.87. The van der Waals surface area contributed by atoms with E-state index in [0.717, 1.165) is 0 Å². The highest BCUT2D eigenvalue weighted by molar-refractivity contribution is 6.02. The molecule has 114 valence electrons. The van der Waals surface area contributed by atoms with Gasteiger partial charge in [-0.25, -0.2) is 0 Å². The third-order valence-electron chi connectivity index (χ3n) is 5.17. The zero-order valence-corrected chi connectivity index (χ0v) is 13.7. The Kier molecular flexibility index (Phi) is 4.37. The molecule has 0 N–H and O–H groups in total. The highest BCUT2D eigenvalue weighted by Gasteiger charge is 2.51. The average molecular weight is 283 g/mol. The molecule has 21 heavy (non-hydrogen) atoms. The summed E-state index contributed by atoms with van der Waals surface area (Å²) >= 11 is 0. The minimum atomic E-state index is 0.255. The van der Waals surface area contributed by atoms with E-state index >= 15 is 0 Å². The molecule has 0 bridgehead atoms. The van der Waals surface area contributed by atoms with Gasteiger partial charge in [0.25, 0.3) is 0 Å². The van der Waals surface area contributed by atoms with Crippen LogP contribution < -0.4 is 4.90 Å². The van der Waals surface area contributed by atoms with E-state index in [4.69, 9.17) is 0 Å². The van der Waals surface area contributed by atoms with Crippen LogP contribution in [0.2, 0.25) is 0 Å². The van der Waals surface area contributed by atoms with Crippen molar-refractivity contribution in [1.82, 2.24) is 0 Å². The molecule has 0 saturated carbocycles. The Balaban J connectivity index is 1.41. The fourth-order valence-electron chi connectivity index (χ4n) is 3.76. The molecule has 1 atom stereocenters. The number of rotatable bonds is 9. The van der Waals surface area contributed by atoms with Crippen LogP contribution in [0.5, 0.6) is 0 Å². The average Bonchev–Trinajstić information content (AvgIpc) is 3.12. The number of nitrogens with zero attached hydrogens (tertiary/aromatic N) is 1. The number of benzene rings is 1. The highest BCUT2D eigenvalue weighted by Crippen LogP contribution is 2.57. The lowest BCUT2D eigenvalue weighted by atomic mass is 10.1. The lowest BCUT2D eigenvalue weighted by Gasteiger charge is -2.28. The van der Waals surface area contributed by atoms with Crippen LogP contribution in [-0.2, 0) is 0 Å². The Morgan fingerprint density at radius 1 is 0.905 bits per heavy atom. The normalized spacial score (nSPS) is 22.0. The van der Waals surface area contributed by atoms with Gasteiger partial charge < -0.3 is 4.90 Å². The smallest absolute Gasteiger partial charge is 0.0820 e. The molecule has 0 saturated heterocycles. The van der Waals surface area contributed by atoms with Crippen LogP contribution in [-0.4, -0.2) is 12.1 Å². The van der Waals surface area contributed by atoms with Gasteiger partial charge in [-0.1, -0.05) is 70.1 Å². The Hall–Kier alpha value is -1.24. The second kappa shape index (κ2) is 6.25. The summed E-state index contributed by atoms with van der Waals surface area (Å²) in [5.41, 5.74) is 4.74. The molecule has 1 aliphatic heterocycles. The van der Waals surface area contributed by atoms with E-state index in [9.17, 15) is 0 Å². The van der Waals surface area contributed by atoms with Gasteiger partial charge in [-0.15, -0.1) is 0 Å². The lowest BCUT2D eigenvalue weighted by Crippen LogP contribution is -2.34. The van der Waals surface area contributed by atoms with E-state index in [0.29, 0.717) is 0 Å². The summed E-state index contributed by atoms with van der Waals surface area (Å²) in [6.07, 6.45) is 13.6. The van der Waals surface area contributed by atoms with Crippen LogP contribution in [0.25, 0.3) is 5.57 Å². The van der Waals surface area contributed by atoms with Crippen LogP contribution in [0.1, 0.15) is 70.8 Å². The van der Waals surface area contributed by atoms with Gasteiger partial charge in [0.05, 0.1) is 5.54 Å². The number of para-hydroxylation sites is 1. The van der Waals surface area contributed by atoms with Crippen molar-refractivity contribution in [1.29, 1.82) is 0 Å². The molecule has 0 fully saturated rings. The number of hydrogen-bond donors (Lipinski definition) is 0. The molecule has 2 aliphatic rings. The fourth-order valence-corrected chi connectivity index (χ4v) is 3.76. The van der Waals surface area contributed by atoms with E-state index in [1.54, 1.807) is 5.57 Å². The summed E-state index contributed by atoms with van der Waals surface area (Å²) in [6, 6.07) is 8.91. The second-order valence-corrected chi connectivity index (χ2v) is 6.85. The standard InChI is InChI=1S/C20H29N/c1-3-4-5-6-7-8-9-12-15-21-19-14-11-10-13-17(19)18-16-20(18,21)2/h10-11,13-14,16H,3-9,12,15H2,1-2H3. The van der Waals surface area contributed by atoms with Crippen LogP contribution in [0.3, 0.4) is 0 Å². The van der Waals surface area contributed by atoms with Gasteiger partial charge in [-0.3, -0.25) is 0 Å². The van der Waals surface area contributed by atoms with Crippen LogP contribution >= 0.6 is 0 Å². The third-order valence-corrected chi connectivity index (χ3v) is 5.17. The Bertz CT molecular complexity index is 516. The summed E-state index contributed by atoms with van der Waals surface area (Å²) in [7, 11) is 0. The van der Waals surface area contributed by atoms with E-state index in [1.807, 2.05) is 0 Å². The zero-order chi connectivity index (χ0) is 14.7. The Morgan fingerprint density at radius 3 is 2.33 bits per heavy atom. The lowest BCUT2D eigenvalue weighted by molar-refractivity contribution is 0.564. The van der Waals surface area contributed by atoms with E-state index in [-0.39, 0.29) is 5.54 Å². The maximum atomic E-state index is 2.62. The van der Waals surface area contributed by atoms with Crippen molar-refractivity contribution in [2.45, 2.75) is 70.8 Å². The molecule has 0 aromatic heterocycles. The van der Waals surface area contributed by atoms with Crippen LogP contribution in [0.4, 0.5) is 5.69 Å². The van der Waals surface area contributed by atoms with Crippen molar-refractivity contribution in [3.05, 3.63) is 35.9 Å². The minimum Gasteiger partial charge on any atom is -0.358 e.